The monoisotopic (exact) mass is 245 g/mol. The van der Waals surface area contributed by atoms with Crippen molar-refractivity contribution in [2.75, 3.05) is 12.4 Å². The van der Waals surface area contributed by atoms with Crippen LogP contribution in [0.15, 0.2) is 36.9 Å². The Labute approximate surface area is 105 Å². The molecule has 0 bridgehead atoms. The van der Waals surface area contributed by atoms with Crippen molar-refractivity contribution in [3.05, 3.63) is 42.5 Å². The standard InChI is InChI=1S/C12H15N5O/c1-13-11(9-7-15-17(2)8-9)12(18)16-10-3-5-14-6-4-10/h3-8,11,13H,1-2H3,(H,14,16,18). The van der Waals surface area contributed by atoms with Crippen molar-refractivity contribution in [1.82, 2.24) is 20.1 Å². The SMILES string of the molecule is CNC(C(=O)Nc1ccncc1)c1cnn(C)c1. The Balaban J connectivity index is 2.11. The minimum absolute atomic E-state index is 0.128. The first kappa shape index (κ1) is 12.3. The van der Waals surface area contributed by atoms with Crippen LogP contribution in [0.25, 0.3) is 0 Å². The molecule has 1 amide bonds. The fourth-order valence-corrected chi connectivity index (χ4v) is 1.69. The number of hydrogen-bond acceptors (Lipinski definition) is 4. The zero-order valence-electron chi connectivity index (χ0n) is 10.3. The summed E-state index contributed by atoms with van der Waals surface area (Å²) in [4.78, 5) is 16.0. The van der Waals surface area contributed by atoms with Gasteiger partial charge in [-0.2, -0.15) is 5.10 Å². The van der Waals surface area contributed by atoms with Crippen molar-refractivity contribution in [3.63, 3.8) is 0 Å². The summed E-state index contributed by atoms with van der Waals surface area (Å²) in [6.45, 7) is 0. The van der Waals surface area contributed by atoms with E-state index < -0.39 is 6.04 Å². The highest BCUT2D eigenvalue weighted by Gasteiger charge is 2.19. The van der Waals surface area contributed by atoms with Crippen LogP contribution in [0.5, 0.6) is 0 Å². The molecule has 0 aromatic carbocycles. The molecule has 2 aromatic heterocycles. The molecule has 6 heteroatoms. The molecule has 2 aromatic rings. The number of nitrogens with one attached hydrogen (secondary N) is 2. The average molecular weight is 245 g/mol. The third-order valence-corrected chi connectivity index (χ3v) is 2.56. The van der Waals surface area contributed by atoms with E-state index in [2.05, 4.69) is 20.7 Å². The van der Waals surface area contributed by atoms with E-state index in [0.717, 1.165) is 11.3 Å². The Morgan fingerprint density at radius 3 is 2.67 bits per heavy atom. The number of pyridine rings is 1. The Morgan fingerprint density at radius 1 is 1.39 bits per heavy atom. The van der Waals surface area contributed by atoms with Gasteiger partial charge in [0, 0.05) is 36.9 Å². The van der Waals surface area contributed by atoms with Gasteiger partial charge in [0.1, 0.15) is 6.04 Å². The summed E-state index contributed by atoms with van der Waals surface area (Å²) in [5.74, 6) is -0.128. The largest absolute Gasteiger partial charge is 0.324 e. The van der Waals surface area contributed by atoms with Gasteiger partial charge in [-0.05, 0) is 19.2 Å². The highest BCUT2D eigenvalue weighted by Crippen LogP contribution is 2.14. The Morgan fingerprint density at radius 2 is 2.11 bits per heavy atom. The number of likely N-dealkylation sites (N-methyl/N-ethyl adjacent to an activating group) is 1. The number of nitrogens with zero attached hydrogens (tertiary/aromatic N) is 3. The van der Waals surface area contributed by atoms with Gasteiger partial charge in [0.25, 0.3) is 0 Å². The Kier molecular flexibility index (Phi) is 3.69. The first-order valence-corrected chi connectivity index (χ1v) is 5.57. The van der Waals surface area contributed by atoms with E-state index >= 15 is 0 Å². The topological polar surface area (TPSA) is 71.8 Å². The second kappa shape index (κ2) is 5.42. The van der Waals surface area contributed by atoms with Crippen LogP contribution in [-0.2, 0) is 11.8 Å². The van der Waals surface area contributed by atoms with E-state index in [1.807, 2.05) is 13.2 Å². The molecule has 0 spiro atoms. The van der Waals surface area contributed by atoms with Gasteiger partial charge < -0.3 is 10.6 Å². The van der Waals surface area contributed by atoms with Crippen LogP contribution in [0.3, 0.4) is 0 Å². The summed E-state index contributed by atoms with van der Waals surface area (Å²) < 4.78 is 1.67. The van der Waals surface area contributed by atoms with E-state index in [-0.39, 0.29) is 5.91 Å². The number of carbonyl (C=O) groups excluding carboxylic acids is 1. The zero-order valence-corrected chi connectivity index (χ0v) is 10.3. The van der Waals surface area contributed by atoms with Crippen LogP contribution in [0.4, 0.5) is 5.69 Å². The molecule has 0 saturated carbocycles. The molecule has 2 N–H and O–H groups in total. The summed E-state index contributed by atoms with van der Waals surface area (Å²) in [6.07, 6.45) is 6.75. The van der Waals surface area contributed by atoms with Gasteiger partial charge >= 0.3 is 0 Å². The van der Waals surface area contributed by atoms with Crippen LogP contribution < -0.4 is 10.6 Å². The van der Waals surface area contributed by atoms with Gasteiger partial charge in [0.05, 0.1) is 6.20 Å². The molecule has 0 aliphatic heterocycles. The first-order valence-electron chi connectivity index (χ1n) is 5.57. The summed E-state index contributed by atoms with van der Waals surface area (Å²) in [6, 6.07) is 3.06. The lowest BCUT2D eigenvalue weighted by Gasteiger charge is -2.14. The molecule has 0 aliphatic carbocycles. The lowest BCUT2D eigenvalue weighted by molar-refractivity contribution is -0.118. The molecule has 0 saturated heterocycles. The van der Waals surface area contributed by atoms with Gasteiger partial charge in [-0.1, -0.05) is 0 Å². The van der Waals surface area contributed by atoms with Gasteiger partial charge in [-0.15, -0.1) is 0 Å². The second-order valence-electron chi connectivity index (χ2n) is 3.89. The van der Waals surface area contributed by atoms with E-state index in [1.165, 1.54) is 0 Å². The lowest BCUT2D eigenvalue weighted by atomic mass is 10.1. The van der Waals surface area contributed by atoms with Gasteiger partial charge in [0.15, 0.2) is 0 Å². The second-order valence-corrected chi connectivity index (χ2v) is 3.89. The quantitative estimate of drug-likeness (QED) is 0.832. The van der Waals surface area contributed by atoms with Gasteiger partial charge in [-0.25, -0.2) is 0 Å². The van der Waals surface area contributed by atoms with Crippen LogP contribution in [0.2, 0.25) is 0 Å². The molecule has 1 unspecified atom stereocenters. The van der Waals surface area contributed by atoms with Crippen molar-refractivity contribution >= 4 is 11.6 Å². The highest BCUT2D eigenvalue weighted by molar-refractivity contribution is 5.95. The summed E-state index contributed by atoms with van der Waals surface area (Å²) >= 11 is 0. The molecule has 0 fully saturated rings. The van der Waals surface area contributed by atoms with E-state index in [1.54, 1.807) is 42.5 Å². The summed E-state index contributed by atoms with van der Waals surface area (Å²) in [5, 5.41) is 9.85. The number of amides is 1. The molecule has 6 nitrogen and oxygen atoms in total. The van der Waals surface area contributed by atoms with Gasteiger partial charge in [-0.3, -0.25) is 14.5 Å². The third kappa shape index (κ3) is 2.72. The molecular weight excluding hydrogens is 230 g/mol. The summed E-state index contributed by atoms with van der Waals surface area (Å²) in [7, 11) is 3.56. The van der Waals surface area contributed by atoms with Crippen LogP contribution in [0, 0.1) is 0 Å². The van der Waals surface area contributed by atoms with Crippen molar-refractivity contribution in [2.45, 2.75) is 6.04 Å². The Hall–Kier alpha value is -2.21. The van der Waals surface area contributed by atoms with E-state index in [9.17, 15) is 4.79 Å². The number of anilines is 1. The predicted molar refractivity (Wildman–Crippen MR) is 67.9 cm³/mol. The van der Waals surface area contributed by atoms with E-state index in [4.69, 9.17) is 0 Å². The Bertz CT molecular complexity index is 522. The maximum absolute atomic E-state index is 12.1. The summed E-state index contributed by atoms with van der Waals surface area (Å²) in [5.41, 5.74) is 1.55. The van der Waals surface area contributed by atoms with Gasteiger partial charge in [0.2, 0.25) is 5.91 Å². The first-order chi connectivity index (χ1) is 8.70. The minimum Gasteiger partial charge on any atom is -0.324 e. The molecule has 18 heavy (non-hydrogen) atoms. The van der Waals surface area contributed by atoms with E-state index in [0.29, 0.717) is 0 Å². The molecule has 2 rings (SSSR count). The maximum Gasteiger partial charge on any atom is 0.246 e. The van der Waals surface area contributed by atoms with Crippen LogP contribution in [0.1, 0.15) is 11.6 Å². The molecule has 1 atom stereocenters. The molecule has 0 radical (unpaired) electrons. The minimum atomic E-state index is -0.424. The van der Waals surface area contributed by atoms with Crippen molar-refractivity contribution in [3.8, 4) is 0 Å². The fourth-order valence-electron chi connectivity index (χ4n) is 1.69. The molecule has 94 valence electrons. The fraction of sp³-hybridized carbons (Fsp3) is 0.250. The maximum atomic E-state index is 12.1. The lowest BCUT2D eigenvalue weighted by Crippen LogP contribution is -2.30. The number of rotatable bonds is 4. The smallest absolute Gasteiger partial charge is 0.246 e. The normalized spacial score (nSPS) is 12.1. The molecule has 2 heterocycles. The third-order valence-electron chi connectivity index (χ3n) is 2.56. The number of hydrogen-bond donors (Lipinski definition) is 2. The molecule has 0 aliphatic rings. The predicted octanol–water partition coefficient (Wildman–Crippen LogP) is 0.714. The number of aromatic nitrogens is 3. The number of aryl methyl sites for hydroxylation is 1. The average Bonchev–Trinajstić information content (AvgIpc) is 2.78. The van der Waals surface area contributed by atoms with Crippen molar-refractivity contribution < 1.29 is 4.79 Å². The molecular formula is C12H15N5O. The van der Waals surface area contributed by atoms with Crippen molar-refractivity contribution in [2.24, 2.45) is 7.05 Å². The zero-order chi connectivity index (χ0) is 13.0. The highest BCUT2D eigenvalue weighted by atomic mass is 16.2. The van der Waals surface area contributed by atoms with Crippen LogP contribution >= 0.6 is 0 Å². The van der Waals surface area contributed by atoms with Crippen LogP contribution in [-0.4, -0.2) is 27.7 Å². The van der Waals surface area contributed by atoms with Crippen molar-refractivity contribution in [1.29, 1.82) is 0 Å². The number of carbonyl (C=O) groups is 1.